The molecule has 16 heavy (non-hydrogen) atoms. The molecular weight excluding hydrogens is 202 g/mol. The zero-order valence-electron chi connectivity index (χ0n) is 10.9. The van der Waals surface area contributed by atoms with Crippen LogP contribution in [0.4, 0.5) is 0 Å². The lowest BCUT2D eigenvalue weighted by atomic mass is 10.1. The van der Waals surface area contributed by atoms with Gasteiger partial charge in [-0.05, 0) is 32.9 Å². The van der Waals surface area contributed by atoms with E-state index in [0.29, 0.717) is 13.0 Å². The van der Waals surface area contributed by atoms with E-state index >= 15 is 0 Å². The SMILES string of the molecule is CCCCCCCC(=O)OCCCCNC. The third-order valence-electron chi connectivity index (χ3n) is 2.57. The Balaban J connectivity index is 3.12. The summed E-state index contributed by atoms with van der Waals surface area (Å²) in [5.41, 5.74) is 0. The molecule has 0 unspecified atom stereocenters. The molecule has 0 atom stereocenters. The normalized spacial score (nSPS) is 10.4. The molecule has 0 aliphatic heterocycles. The van der Waals surface area contributed by atoms with Crippen LogP contribution in [0.2, 0.25) is 0 Å². The molecule has 3 nitrogen and oxygen atoms in total. The third-order valence-corrected chi connectivity index (χ3v) is 2.57. The second kappa shape index (κ2) is 12.5. The number of hydrogen-bond acceptors (Lipinski definition) is 3. The van der Waals surface area contributed by atoms with Crippen molar-refractivity contribution in [2.45, 2.75) is 58.3 Å². The van der Waals surface area contributed by atoms with Gasteiger partial charge in [0.1, 0.15) is 0 Å². The van der Waals surface area contributed by atoms with Crippen molar-refractivity contribution in [3.05, 3.63) is 0 Å². The van der Waals surface area contributed by atoms with Crippen LogP contribution in [0.3, 0.4) is 0 Å². The molecule has 0 rings (SSSR count). The minimum atomic E-state index is -0.0269. The Bertz CT molecular complexity index is 144. The van der Waals surface area contributed by atoms with Gasteiger partial charge in [-0.3, -0.25) is 4.79 Å². The van der Waals surface area contributed by atoms with Crippen molar-refractivity contribution < 1.29 is 9.53 Å². The largest absolute Gasteiger partial charge is 0.466 e. The lowest BCUT2D eigenvalue weighted by Gasteiger charge is -2.04. The summed E-state index contributed by atoms with van der Waals surface area (Å²) in [5, 5.41) is 3.07. The summed E-state index contributed by atoms with van der Waals surface area (Å²) < 4.78 is 5.13. The van der Waals surface area contributed by atoms with E-state index in [4.69, 9.17) is 4.74 Å². The Hall–Kier alpha value is -0.570. The van der Waals surface area contributed by atoms with Crippen molar-refractivity contribution in [2.24, 2.45) is 0 Å². The van der Waals surface area contributed by atoms with Crippen LogP contribution in [0, 0.1) is 0 Å². The van der Waals surface area contributed by atoms with Crippen molar-refractivity contribution in [2.75, 3.05) is 20.2 Å². The molecule has 3 heteroatoms. The van der Waals surface area contributed by atoms with E-state index in [2.05, 4.69) is 12.2 Å². The fourth-order valence-electron chi connectivity index (χ4n) is 1.53. The van der Waals surface area contributed by atoms with Crippen LogP contribution >= 0.6 is 0 Å². The molecule has 0 saturated heterocycles. The van der Waals surface area contributed by atoms with E-state index < -0.39 is 0 Å². The van der Waals surface area contributed by atoms with Crippen LogP contribution in [-0.2, 0) is 9.53 Å². The lowest BCUT2D eigenvalue weighted by molar-refractivity contribution is -0.143. The number of rotatable bonds is 11. The van der Waals surface area contributed by atoms with Gasteiger partial charge in [-0.2, -0.15) is 0 Å². The summed E-state index contributed by atoms with van der Waals surface area (Å²) in [6, 6.07) is 0. The van der Waals surface area contributed by atoms with Gasteiger partial charge in [0, 0.05) is 6.42 Å². The summed E-state index contributed by atoms with van der Waals surface area (Å²) in [6.45, 7) is 3.77. The van der Waals surface area contributed by atoms with Crippen LogP contribution in [0.1, 0.15) is 58.3 Å². The van der Waals surface area contributed by atoms with Crippen LogP contribution in [0.15, 0.2) is 0 Å². The van der Waals surface area contributed by atoms with Gasteiger partial charge in [0.25, 0.3) is 0 Å². The molecule has 0 spiro atoms. The summed E-state index contributed by atoms with van der Waals surface area (Å²) in [6.07, 6.45) is 8.53. The van der Waals surface area contributed by atoms with Gasteiger partial charge in [0.05, 0.1) is 6.61 Å². The molecule has 0 aromatic rings. The number of nitrogens with one attached hydrogen (secondary N) is 1. The monoisotopic (exact) mass is 229 g/mol. The predicted octanol–water partition coefficient (Wildman–Crippen LogP) is 2.89. The molecule has 0 amide bonds. The number of unbranched alkanes of at least 4 members (excludes halogenated alkanes) is 5. The standard InChI is InChI=1S/C13H27NO2/c1-3-4-5-6-7-10-13(15)16-12-9-8-11-14-2/h14H,3-12H2,1-2H3. The zero-order chi connectivity index (χ0) is 12.1. The molecule has 0 saturated carbocycles. The highest BCUT2D eigenvalue weighted by Gasteiger charge is 2.01. The van der Waals surface area contributed by atoms with E-state index in [-0.39, 0.29) is 5.97 Å². The summed E-state index contributed by atoms with van der Waals surface area (Å²) in [5.74, 6) is -0.0269. The van der Waals surface area contributed by atoms with E-state index in [1.54, 1.807) is 0 Å². The van der Waals surface area contributed by atoms with Gasteiger partial charge in [-0.15, -0.1) is 0 Å². The van der Waals surface area contributed by atoms with Crippen molar-refractivity contribution in [3.8, 4) is 0 Å². The number of carbonyl (C=O) groups is 1. The minimum absolute atomic E-state index is 0.0269. The molecule has 0 aliphatic rings. The van der Waals surface area contributed by atoms with Gasteiger partial charge in [0.15, 0.2) is 0 Å². The Morgan fingerprint density at radius 3 is 2.50 bits per heavy atom. The predicted molar refractivity (Wildman–Crippen MR) is 67.5 cm³/mol. The van der Waals surface area contributed by atoms with Crippen molar-refractivity contribution in [1.29, 1.82) is 0 Å². The van der Waals surface area contributed by atoms with E-state index in [1.807, 2.05) is 7.05 Å². The second-order valence-corrected chi connectivity index (χ2v) is 4.20. The topological polar surface area (TPSA) is 38.3 Å². The molecule has 1 N–H and O–H groups in total. The summed E-state index contributed by atoms with van der Waals surface area (Å²) in [4.78, 5) is 11.3. The molecular formula is C13H27NO2. The van der Waals surface area contributed by atoms with Crippen LogP contribution < -0.4 is 5.32 Å². The molecule has 0 aromatic heterocycles. The van der Waals surface area contributed by atoms with E-state index in [9.17, 15) is 4.79 Å². The van der Waals surface area contributed by atoms with Gasteiger partial charge in [0.2, 0.25) is 0 Å². The first-order valence-electron chi connectivity index (χ1n) is 6.61. The maximum absolute atomic E-state index is 11.3. The Labute approximate surface area is 99.9 Å². The second-order valence-electron chi connectivity index (χ2n) is 4.20. The Kier molecular flexibility index (Phi) is 12.1. The average Bonchev–Trinajstić information content (AvgIpc) is 2.28. The smallest absolute Gasteiger partial charge is 0.305 e. The maximum Gasteiger partial charge on any atom is 0.305 e. The highest BCUT2D eigenvalue weighted by molar-refractivity contribution is 5.69. The first kappa shape index (κ1) is 15.4. The first-order valence-corrected chi connectivity index (χ1v) is 6.61. The van der Waals surface area contributed by atoms with Crippen molar-refractivity contribution in [1.82, 2.24) is 5.32 Å². The number of ether oxygens (including phenoxy) is 1. The molecule has 0 fully saturated rings. The zero-order valence-corrected chi connectivity index (χ0v) is 10.9. The quantitative estimate of drug-likeness (QED) is 0.437. The molecule has 0 bridgehead atoms. The van der Waals surface area contributed by atoms with Gasteiger partial charge in [-0.1, -0.05) is 32.6 Å². The Morgan fingerprint density at radius 1 is 1.06 bits per heavy atom. The highest BCUT2D eigenvalue weighted by Crippen LogP contribution is 2.05. The van der Waals surface area contributed by atoms with Crippen molar-refractivity contribution >= 4 is 5.97 Å². The molecule has 0 heterocycles. The van der Waals surface area contributed by atoms with Crippen LogP contribution in [0.25, 0.3) is 0 Å². The van der Waals surface area contributed by atoms with Crippen LogP contribution in [-0.4, -0.2) is 26.2 Å². The minimum Gasteiger partial charge on any atom is -0.466 e. The fourth-order valence-corrected chi connectivity index (χ4v) is 1.53. The van der Waals surface area contributed by atoms with Crippen LogP contribution in [0.5, 0.6) is 0 Å². The van der Waals surface area contributed by atoms with Crippen molar-refractivity contribution in [3.63, 3.8) is 0 Å². The molecule has 0 aromatic carbocycles. The summed E-state index contributed by atoms with van der Waals surface area (Å²) >= 11 is 0. The van der Waals surface area contributed by atoms with Gasteiger partial charge >= 0.3 is 5.97 Å². The lowest BCUT2D eigenvalue weighted by Crippen LogP contribution is -2.10. The molecule has 0 aliphatic carbocycles. The Morgan fingerprint density at radius 2 is 1.81 bits per heavy atom. The number of hydrogen-bond donors (Lipinski definition) is 1. The highest BCUT2D eigenvalue weighted by atomic mass is 16.5. The van der Waals surface area contributed by atoms with E-state index in [1.165, 1.54) is 19.3 Å². The third kappa shape index (κ3) is 11.5. The van der Waals surface area contributed by atoms with Gasteiger partial charge < -0.3 is 10.1 Å². The fraction of sp³-hybridized carbons (Fsp3) is 0.923. The number of carbonyl (C=O) groups excluding carboxylic acids is 1. The first-order chi connectivity index (χ1) is 7.81. The molecule has 96 valence electrons. The number of esters is 1. The average molecular weight is 229 g/mol. The maximum atomic E-state index is 11.3. The van der Waals surface area contributed by atoms with E-state index in [0.717, 1.165) is 32.2 Å². The van der Waals surface area contributed by atoms with Gasteiger partial charge in [-0.25, -0.2) is 0 Å². The summed E-state index contributed by atoms with van der Waals surface area (Å²) in [7, 11) is 1.93. The molecule has 0 radical (unpaired) electrons.